The van der Waals surface area contributed by atoms with Gasteiger partial charge in [-0.05, 0) is 36.8 Å². The number of aromatic nitrogens is 1. The second-order valence-electron chi connectivity index (χ2n) is 6.82. The minimum atomic E-state index is -4.11. The fourth-order valence-corrected chi connectivity index (χ4v) is 4.15. The number of H-pyrrole nitrogens is 1. The summed E-state index contributed by atoms with van der Waals surface area (Å²) in [5, 5.41) is 0.536. The van der Waals surface area contributed by atoms with E-state index in [1.54, 1.807) is 36.4 Å². The number of aromatic amines is 1. The Morgan fingerprint density at radius 2 is 1.52 bits per heavy atom. The third-order valence-corrected chi connectivity index (χ3v) is 5.93. The number of para-hydroxylation sites is 1. The van der Waals surface area contributed by atoms with Gasteiger partial charge in [-0.1, -0.05) is 60.2 Å². The van der Waals surface area contributed by atoms with E-state index >= 15 is 0 Å². The number of aryl methyl sites for hydroxylation is 1. The molecule has 0 fully saturated rings. The number of hydrogen-bond acceptors (Lipinski definition) is 4. The Labute approximate surface area is 168 Å². The van der Waals surface area contributed by atoms with E-state index < -0.39 is 10.1 Å². The summed E-state index contributed by atoms with van der Waals surface area (Å²) in [6.45, 7) is 1.87. The molecule has 4 aromatic rings. The molecule has 0 amide bonds. The van der Waals surface area contributed by atoms with E-state index in [-0.39, 0.29) is 28.2 Å². The molecule has 0 unspecified atom stereocenters. The maximum Gasteiger partial charge on any atom is 0.339 e. The molecule has 5 nitrogen and oxygen atoms in total. The molecule has 1 aromatic heterocycles. The first-order valence-electron chi connectivity index (χ1n) is 9.13. The average Bonchev–Trinajstić information content (AvgIpc) is 2.71. The van der Waals surface area contributed by atoms with Gasteiger partial charge in [0.2, 0.25) is 0 Å². The van der Waals surface area contributed by atoms with Crippen LogP contribution >= 0.6 is 0 Å². The van der Waals surface area contributed by atoms with Crippen LogP contribution < -0.4 is 9.74 Å². The van der Waals surface area contributed by atoms with Gasteiger partial charge in [0.15, 0.2) is 5.75 Å². The molecule has 0 bridgehead atoms. The molecule has 0 aliphatic heterocycles. The van der Waals surface area contributed by atoms with Crippen molar-refractivity contribution in [3.63, 3.8) is 0 Å². The van der Waals surface area contributed by atoms with E-state index in [1.165, 1.54) is 12.1 Å². The zero-order valence-electron chi connectivity index (χ0n) is 15.8. The highest BCUT2D eigenvalue weighted by Gasteiger charge is 2.22. The highest BCUT2D eigenvalue weighted by atomic mass is 32.2. The molecule has 0 radical (unpaired) electrons. The predicted octanol–water partition coefficient (Wildman–Crippen LogP) is 4.20. The Hall–Kier alpha value is -3.38. The number of pyridine rings is 1. The Morgan fingerprint density at radius 1 is 0.862 bits per heavy atom. The Kier molecular flexibility index (Phi) is 4.94. The van der Waals surface area contributed by atoms with Crippen molar-refractivity contribution in [2.24, 2.45) is 0 Å². The Morgan fingerprint density at radius 3 is 2.24 bits per heavy atom. The average molecular weight is 405 g/mol. The van der Waals surface area contributed by atoms with Crippen LogP contribution in [-0.2, 0) is 16.5 Å². The lowest BCUT2D eigenvalue weighted by molar-refractivity contribution is 0.485. The number of hydrogen-bond donors (Lipinski definition) is 1. The van der Waals surface area contributed by atoms with Gasteiger partial charge < -0.3 is 9.17 Å². The van der Waals surface area contributed by atoms with Crippen LogP contribution in [0.15, 0.2) is 88.6 Å². The van der Waals surface area contributed by atoms with Crippen LogP contribution in [0.3, 0.4) is 0 Å². The molecule has 0 saturated carbocycles. The largest absolute Gasteiger partial charge is 0.378 e. The molecular weight excluding hydrogens is 386 g/mol. The van der Waals surface area contributed by atoms with Crippen molar-refractivity contribution in [3.05, 3.63) is 106 Å². The molecule has 1 heterocycles. The second kappa shape index (κ2) is 7.56. The molecule has 0 spiro atoms. The summed E-state index contributed by atoms with van der Waals surface area (Å²) in [5.41, 5.74) is 2.23. The third-order valence-electron chi connectivity index (χ3n) is 4.69. The monoisotopic (exact) mass is 405 g/mol. The van der Waals surface area contributed by atoms with Gasteiger partial charge in [-0.25, -0.2) is 0 Å². The lowest BCUT2D eigenvalue weighted by atomic mass is 10.0. The molecule has 6 heteroatoms. The van der Waals surface area contributed by atoms with Crippen LogP contribution in [0.2, 0.25) is 0 Å². The maximum atomic E-state index is 12.9. The molecule has 0 saturated heterocycles. The van der Waals surface area contributed by atoms with E-state index in [0.29, 0.717) is 10.9 Å². The predicted molar refractivity (Wildman–Crippen MR) is 113 cm³/mol. The first-order valence-corrected chi connectivity index (χ1v) is 10.5. The number of rotatable bonds is 5. The topological polar surface area (TPSA) is 76.2 Å². The Bertz CT molecular complexity index is 1330. The van der Waals surface area contributed by atoms with Crippen LogP contribution in [0.4, 0.5) is 0 Å². The van der Waals surface area contributed by atoms with Crippen LogP contribution in [0, 0.1) is 6.92 Å². The fraction of sp³-hybridized carbons (Fsp3) is 0.0870. The third kappa shape index (κ3) is 3.93. The van der Waals surface area contributed by atoms with Gasteiger partial charge in [0.1, 0.15) is 4.90 Å². The molecule has 3 aromatic carbocycles. The van der Waals surface area contributed by atoms with Gasteiger partial charge in [0, 0.05) is 11.8 Å². The van der Waals surface area contributed by atoms with Crippen molar-refractivity contribution in [1.29, 1.82) is 0 Å². The molecule has 0 atom stereocenters. The van der Waals surface area contributed by atoms with Gasteiger partial charge >= 0.3 is 10.1 Å². The molecule has 4 rings (SSSR count). The SMILES string of the molecule is Cc1ccc(S(=O)(=O)Oc2c(Cc3ccccc3)c(=O)[nH]c3ccccc23)cc1. The summed E-state index contributed by atoms with van der Waals surface area (Å²) in [5.74, 6) is 0.0637. The maximum absolute atomic E-state index is 12.9. The zero-order valence-corrected chi connectivity index (χ0v) is 16.6. The minimum absolute atomic E-state index is 0.0399. The first kappa shape index (κ1) is 19.0. The lowest BCUT2D eigenvalue weighted by Gasteiger charge is -2.14. The van der Waals surface area contributed by atoms with Gasteiger partial charge in [0.25, 0.3) is 5.56 Å². The zero-order chi connectivity index (χ0) is 20.4. The van der Waals surface area contributed by atoms with Crippen LogP contribution in [0.5, 0.6) is 5.75 Å². The molecule has 29 heavy (non-hydrogen) atoms. The van der Waals surface area contributed by atoms with E-state index in [4.69, 9.17) is 4.18 Å². The fourth-order valence-electron chi connectivity index (χ4n) is 3.17. The van der Waals surface area contributed by atoms with Crippen molar-refractivity contribution in [2.45, 2.75) is 18.2 Å². The van der Waals surface area contributed by atoms with Crippen LogP contribution in [-0.4, -0.2) is 13.4 Å². The van der Waals surface area contributed by atoms with Crippen molar-refractivity contribution in [2.75, 3.05) is 0 Å². The molecular formula is C23H19NO4S. The highest BCUT2D eigenvalue weighted by molar-refractivity contribution is 7.87. The molecule has 146 valence electrons. The van der Waals surface area contributed by atoms with Crippen LogP contribution in [0.1, 0.15) is 16.7 Å². The Balaban J connectivity index is 1.88. The smallest absolute Gasteiger partial charge is 0.339 e. The second-order valence-corrected chi connectivity index (χ2v) is 8.37. The van der Waals surface area contributed by atoms with Gasteiger partial charge in [0.05, 0.1) is 11.1 Å². The van der Waals surface area contributed by atoms with Crippen molar-refractivity contribution in [3.8, 4) is 5.75 Å². The van der Waals surface area contributed by atoms with E-state index in [9.17, 15) is 13.2 Å². The normalized spacial score (nSPS) is 11.5. The summed E-state index contributed by atoms with van der Waals surface area (Å²) in [6, 6.07) is 22.8. The summed E-state index contributed by atoms with van der Waals surface area (Å²) < 4.78 is 31.5. The van der Waals surface area contributed by atoms with Crippen molar-refractivity contribution in [1.82, 2.24) is 4.98 Å². The van der Waals surface area contributed by atoms with E-state index in [0.717, 1.165) is 11.1 Å². The quantitative estimate of drug-likeness (QED) is 0.505. The van der Waals surface area contributed by atoms with E-state index in [1.807, 2.05) is 37.3 Å². The van der Waals surface area contributed by atoms with Gasteiger partial charge in [-0.2, -0.15) is 8.42 Å². The van der Waals surface area contributed by atoms with Crippen LogP contribution in [0.25, 0.3) is 10.9 Å². The van der Waals surface area contributed by atoms with Gasteiger partial charge in [-0.15, -0.1) is 0 Å². The standard InChI is InChI=1S/C23H19NO4S/c1-16-11-13-18(14-12-16)29(26,27)28-22-19-9-5-6-10-21(19)24-23(25)20(22)15-17-7-3-2-4-8-17/h2-14H,15H2,1H3,(H,24,25). The summed E-state index contributed by atoms with van der Waals surface area (Å²) in [6.07, 6.45) is 0.250. The summed E-state index contributed by atoms with van der Waals surface area (Å²) in [4.78, 5) is 15.7. The van der Waals surface area contributed by atoms with Crippen molar-refractivity contribution < 1.29 is 12.6 Å². The molecule has 0 aliphatic rings. The van der Waals surface area contributed by atoms with Crippen molar-refractivity contribution >= 4 is 21.0 Å². The van der Waals surface area contributed by atoms with Gasteiger partial charge in [-0.3, -0.25) is 4.79 Å². The number of nitrogens with one attached hydrogen (secondary N) is 1. The first-order chi connectivity index (χ1) is 13.9. The number of benzene rings is 3. The summed E-state index contributed by atoms with van der Waals surface area (Å²) >= 11 is 0. The molecule has 0 aliphatic carbocycles. The lowest BCUT2D eigenvalue weighted by Crippen LogP contribution is -2.19. The molecule has 1 N–H and O–H groups in total. The van der Waals surface area contributed by atoms with E-state index in [2.05, 4.69) is 4.98 Å². The highest BCUT2D eigenvalue weighted by Crippen LogP contribution is 2.30. The summed E-state index contributed by atoms with van der Waals surface area (Å²) in [7, 11) is -4.11. The minimum Gasteiger partial charge on any atom is -0.378 e. The number of fused-ring (bicyclic) bond motifs is 1.